The molecule has 2 aliphatic rings. The van der Waals surface area contributed by atoms with Crippen LogP contribution in [-0.2, 0) is 0 Å². The molecule has 1 saturated carbocycles. The summed E-state index contributed by atoms with van der Waals surface area (Å²) < 4.78 is 1.93. The summed E-state index contributed by atoms with van der Waals surface area (Å²) in [6.45, 7) is 18.1. The standard InChI is InChI=1S/C35H50N6OSi/c1-25(2)43(26(3)4,27(5)6)22-17-28-23-33(42)41(31-11-9-8-10-12-31)34-32(28)24-36-35(38-34)37-29-13-15-30(16-14-29)40-20-18-39(7)19-21-40/h13-16,23-27,31H,8-12,18-21H2,1-7H3,(H,36,37,38). The van der Waals surface area contributed by atoms with Crippen molar-refractivity contribution in [3.63, 3.8) is 0 Å². The maximum atomic E-state index is 13.8. The summed E-state index contributed by atoms with van der Waals surface area (Å²) in [4.78, 5) is 28.3. The van der Waals surface area contributed by atoms with Gasteiger partial charge < -0.3 is 15.1 Å². The lowest BCUT2D eigenvalue weighted by molar-refractivity contribution is 0.313. The lowest BCUT2D eigenvalue weighted by Crippen LogP contribution is -2.44. The zero-order valence-corrected chi connectivity index (χ0v) is 28.3. The third-order valence-electron chi connectivity index (χ3n) is 10.0. The summed E-state index contributed by atoms with van der Waals surface area (Å²) >= 11 is 0. The predicted molar refractivity (Wildman–Crippen MR) is 183 cm³/mol. The lowest BCUT2D eigenvalue weighted by Gasteiger charge is -2.38. The molecule has 1 saturated heterocycles. The molecule has 0 bridgehead atoms. The molecule has 1 aliphatic carbocycles. The lowest BCUT2D eigenvalue weighted by atomic mass is 9.95. The van der Waals surface area contributed by atoms with Crippen molar-refractivity contribution in [2.24, 2.45) is 0 Å². The average molecular weight is 599 g/mol. The Morgan fingerprint density at radius 2 is 1.53 bits per heavy atom. The van der Waals surface area contributed by atoms with E-state index in [0.29, 0.717) is 28.2 Å². The monoisotopic (exact) mass is 598 g/mol. The molecule has 2 aromatic heterocycles. The molecule has 43 heavy (non-hydrogen) atoms. The van der Waals surface area contributed by atoms with Gasteiger partial charge in [0.25, 0.3) is 5.56 Å². The molecule has 5 rings (SSSR count). The van der Waals surface area contributed by atoms with Crippen LogP contribution < -0.4 is 15.8 Å². The Hall–Kier alpha value is -3.15. The molecule has 0 amide bonds. The van der Waals surface area contributed by atoms with Crippen LogP contribution in [0.5, 0.6) is 0 Å². The molecule has 7 nitrogen and oxygen atoms in total. The molecule has 3 aromatic rings. The smallest absolute Gasteiger partial charge is 0.253 e. The van der Waals surface area contributed by atoms with Crippen molar-refractivity contribution < 1.29 is 0 Å². The maximum absolute atomic E-state index is 13.8. The Balaban J connectivity index is 1.53. The van der Waals surface area contributed by atoms with Gasteiger partial charge in [-0.3, -0.25) is 9.36 Å². The minimum atomic E-state index is -1.97. The van der Waals surface area contributed by atoms with Gasteiger partial charge in [0.15, 0.2) is 0 Å². The van der Waals surface area contributed by atoms with E-state index in [0.717, 1.165) is 68.5 Å². The molecule has 1 N–H and O–H groups in total. The summed E-state index contributed by atoms with van der Waals surface area (Å²) in [6, 6.07) is 10.4. The second kappa shape index (κ2) is 13.2. The normalized spacial score (nSPS) is 17.1. The van der Waals surface area contributed by atoms with Crippen molar-refractivity contribution in [2.45, 2.75) is 96.3 Å². The molecule has 0 unspecified atom stereocenters. The summed E-state index contributed by atoms with van der Waals surface area (Å²) in [6.07, 6.45) is 7.39. The average Bonchev–Trinajstić information content (AvgIpc) is 2.98. The summed E-state index contributed by atoms with van der Waals surface area (Å²) in [7, 11) is 0.203. The van der Waals surface area contributed by atoms with Crippen molar-refractivity contribution in [3.05, 3.63) is 52.4 Å². The second-order valence-corrected chi connectivity index (χ2v) is 19.2. The molecule has 3 heterocycles. The number of likely N-dealkylation sites (N-methyl/N-ethyl adjacent to an activating group) is 1. The van der Waals surface area contributed by atoms with Crippen LogP contribution in [-0.4, -0.2) is 60.7 Å². The van der Waals surface area contributed by atoms with Gasteiger partial charge in [0.1, 0.15) is 13.7 Å². The summed E-state index contributed by atoms with van der Waals surface area (Å²) in [5, 5.41) is 4.28. The Morgan fingerprint density at radius 1 is 0.907 bits per heavy atom. The quantitative estimate of drug-likeness (QED) is 0.226. The number of nitrogens with one attached hydrogen (secondary N) is 1. The number of aromatic nitrogens is 3. The van der Waals surface area contributed by atoms with Crippen LogP contribution in [0.25, 0.3) is 11.0 Å². The highest BCUT2D eigenvalue weighted by Gasteiger charge is 2.41. The van der Waals surface area contributed by atoms with Crippen LogP contribution in [0.2, 0.25) is 16.6 Å². The van der Waals surface area contributed by atoms with Gasteiger partial charge >= 0.3 is 0 Å². The number of hydrogen-bond acceptors (Lipinski definition) is 6. The zero-order chi connectivity index (χ0) is 30.7. The highest BCUT2D eigenvalue weighted by Crippen LogP contribution is 2.41. The number of benzene rings is 1. The van der Waals surface area contributed by atoms with E-state index < -0.39 is 8.07 Å². The number of fused-ring (bicyclic) bond motifs is 1. The molecular weight excluding hydrogens is 549 g/mol. The van der Waals surface area contributed by atoms with E-state index in [4.69, 9.17) is 9.97 Å². The first-order valence-corrected chi connectivity index (χ1v) is 18.6. The summed E-state index contributed by atoms with van der Waals surface area (Å²) in [5.74, 6) is 4.05. The zero-order valence-electron chi connectivity index (χ0n) is 27.3. The fourth-order valence-electron chi connectivity index (χ4n) is 7.54. The van der Waals surface area contributed by atoms with Crippen molar-refractivity contribution in [2.75, 3.05) is 43.4 Å². The summed E-state index contributed by atoms with van der Waals surface area (Å²) in [5.41, 5.74) is 8.98. The van der Waals surface area contributed by atoms with Crippen LogP contribution in [0.1, 0.15) is 85.3 Å². The van der Waals surface area contributed by atoms with Crippen molar-refractivity contribution in [1.82, 2.24) is 19.4 Å². The van der Waals surface area contributed by atoms with Gasteiger partial charge in [-0.15, -0.1) is 5.54 Å². The van der Waals surface area contributed by atoms with E-state index in [1.165, 1.54) is 12.1 Å². The SMILES string of the molecule is CC(C)[Si](C#Cc1cc(=O)n(C2CCCCC2)c2nc(Nc3ccc(N4CCN(C)CC4)cc3)ncc12)(C(C)C)C(C)C. The fraction of sp³-hybridized carbons (Fsp3) is 0.571. The van der Waals surface area contributed by atoms with Crippen LogP contribution in [0.4, 0.5) is 17.3 Å². The molecule has 0 atom stereocenters. The van der Waals surface area contributed by atoms with E-state index >= 15 is 0 Å². The first kappa shape index (κ1) is 31.3. The van der Waals surface area contributed by atoms with E-state index in [1.807, 2.05) is 10.8 Å². The molecule has 8 heteroatoms. The number of pyridine rings is 1. The molecule has 0 spiro atoms. The van der Waals surface area contributed by atoms with E-state index in [9.17, 15) is 4.79 Å². The number of hydrogen-bond donors (Lipinski definition) is 1. The number of nitrogens with zero attached hydrogens (tertiary/aromatic N) is 5. The Bertz CT molecular complexity index is 1500. The second-order valence-electron chi connectivity index (χ2n) is 13.6. The van der Waals surface area contributed by atoms with E-state index in [1.54, 1.807) is 6.07 Å². The highest BCUT2D eigenvalue weighted by molar-refractivity contribution is 6.90. The highest BCUT2D eigenvalue weighted by atomic mass is 28.3. The molecule has 230 valence electrons. The molecule has 1 aliphatic heterocycles. The predicted octanol–water partition coefficient (Wildman–Crippen LogP) is 7.36. The van der Waals surface area contributed by atoms with Crippen molar-refractivity contribution in [1.29, 1.82) is 0 Å². The molecule has 0 radical (unpaired) electrons. The Morgan fingerprint density at radius 3 is 2.14 bits per heavy atom. The van der Waals surface area contributed by atoms with Crippen LogP contribution >= 0.6 is 0 Å². The molecule has 1 aromatic carbocycles. The Kier molecular flexibility index (Phi) is 9.62. The number of anilines is 3. The van der Waals surface area contributed by atoms with Crippen LogP contribution in [0.15, 0.2) is 41.3 Å². The van der Waals surface area contributed by atoms with Crippen molar-refractivity contribution in [3.8, 4) is 11.5 Å². The van der Waals surface area contributed by atoms with Crippen LogP contribution in [0.3, 0.4) is 0 Å². The minimum absolute atomic E-state index is 0.00390. The largest absolute Gasteiger partial charge is 0.369 e. The van der Waals surface area contributed by atoms with Gasteiger partial charge in [-0.2, -0.15) is 4.98 Å². The fourth-order valence-corrected chi connectivity index (χ4v) is 12.8. The third-order valence-corrected chi connectivity index (χ3v) is 16.3. The number of rotatable bonds is 7. The first-order chi connectivity index (χ1) is 20.6. The number of piperazine rings is 1. The topological polar surface area (TPSA) is 66.3 Å². The van der Waals surface area contributed by atoms with E-state index in [2.05, 4.69) is 99.4 Å². The van der Waals surface area contributed by atoms with Gasteiger partial charge in [0.2, 0.25) is 5.95 Å². The van der Waals surface area contributed by atoms with Gasteiger partial charge in [-0.25, -0.2) is 4.98 Å². The van der Waals surface area contributed by atoms with Gasteiger partial charge in [-0.1, -0.05) is 66.7 Å². The third kappa shape index (κ3) is 6.53. The van der Waals surface area contributed by atoms with E-state index in [-0.39, 0.29) is 11.6 Å². The Labute approximate surface area is 259 Å². The van der Waals surface area contributed by atoms with Gasteiger partial charge in [0, 0.05) is 61.4 Å². The van der Waals surface area contributed by atoms with Crippen LogP contribution in [0, 0.1) is 11.5 Å². The maximum Gasteiger partial charge on any atom is 0.253 e. The molecule has 2 fully saturated rings. The molecular formula is C35H50N6OSi. The van der Waals surface area contributed by atoms with Gasteiger partial charge in [-0.05, 0) is 60.8 Å². The van der Waals surface area contributed by atoms with Gasteiger partial charge in [0.05, 0.1) is 5.39 Å². The first-order valence-electron chi connectivity index (χ1n) is 16.4. The minimum Gasteiger partial charge on any atom is -0.369 e. The van der Waals surface area contributed by atoms with Crippen molar-refractivity contribution >= 4 is 36.4 Å².